The molecule has 186 valence electrons. The van der Waals surface area contributed by atoms with Crippen molar-refractivity contribution < 1.29 is 17.9 Å². The summed E-state index contributed by atoms with van der Waals surface area (Å²) in [6, 6.07) is 16.6. The van der Waals surface area contributed by atoms with Gasteiger partial charge in [-0.2, -0.15) is 0 Å². The van der Waals surface area contributed by atoms with Gasteiger partial charge in [-0.3, -0.25) is 4.79 Å². The molecule has 5 nitrogen and oxygen atoms in total. The molecule has 1 amide bonds. The Morgan fingerprint density at radius 1 is 1.06 bits per heavy atom. The number of halogens is 2. The maximum absolute atomic E-state index is 13.8. The van der Waals surface area contributed by atoms with Crippen molar-refractivity contribution in [2.75, 3.05) is 18.1 Å². The summed E-state index contributed by atoms with van der Waals surface area (Å²) in [4.78, 5) is 15.4. The molecule has 0 aromatic heterocycles. The van der Waals surface area contributed by atoms with Crippen LogP contribution >= 0.6 is 23.2 Å². The van der Waals surface area contributed by atoms with E-state index in [1.165, 1.54) is 0 Å². The molecule has 1 fully saturated rings. The first-order valence-electron chi connectivity index (χ1n) is 11.9. The summed E-state index contributed by atoms with van der Waals surface area (Å²) in [5.41, 5.74) is 1.26. The minimum absolute atomic E-state index is 0.0520. The van der Waals surface area contributed by atoms with E-state index in [2.05, 4.69) is 6.92 Å². The van der Waals surface area contributed by atoms with Crippen LogP contribution in [0.1, 0.15) is 48.5 Å². The molecule has 4 rings (SSSR count). The molecule has 8 heteroatoms. The largest absolute Gasteiger partial charge is 0.490 e. The van der Waals surface area contributed by atoms with Gasteiger partial charge in [-0.15, -0.1) is 0 Å². The van der Waals surface area contributed by atoms with E-state index in [0.717, 1.165) is 35.6 Å². The molecule has 1 heterocycles. The zero-order valence-electron chi connectivity index (χ0n) is 19.7. The number of nitrogens with zero attached hydrogens (tertiary/aromatic N) is 1. The molecule has 0 aliphatic carbocycles. The summed E-state index contributed by atoms with van der Waals surface area (Å²) in [7, 11) is -3.20. The normalized spacial score (nSPS) is 16.9. The van der Waals surface area contributed by atoms with Crippen LogP contribution in [0.4, 0.5) is 0 Å². The fourth-order valence-corrected chi connectivity index (χ4v) is 6.84. The topological polar surface area (TPSA) is 63.7 Å². The molecule has 35 heavy (non-hydrogen) atoms. The Hall–Kier alpha value is -2.28. The summed E-state index contributed by atoms with van der Waals surface area (Å²) < 4.78 is 30.3. The van der Waals surface area contributed by atoms with Gasteiger partial charge in [0.05, 0.1) is 28.2 Å². The quantitative estimate of drug-likeness (QED) is 0.292. The Bertz CT molecular complexity index is 1300. The molecule has 1 aliphatic heterocycles. The molecule has 0 saturated carbocycles. The van der Waals surface area contributed by atoms with Crippen LogP contribution in [0.15, 0.2) is 54.6 Å². The number of hydrogen-bond acceptors (Lipinski definition) is 4. The van der Waals surface area contributed by atoms with Crippen LogP contribution in [-0.2, 0) is 16.4 Å². The molecule has 0 spiro atoms. The van der Waals surface area contributed by atoms with Gasteiger partial charge in [-0.25, -0.2) is 8.42 Å². The Labute approximate surface area is 216 Å². The highest BCUT2D eigenvalue weighted by Crippen LogP contribution is 2.35. The van der Waals surface area contributed by atoms with Crippen molar-refractivity contribution in [1.82, 2.24) is 4.90 Å². The van der Waals surface area contributed by atoms with Gasteiger partial charge in [-0.1, -0.05) is 85.4 Å². The summed E-state index contributed by atoms with van der Waals surface area (Å²) in [6.45, 7) is 2.89. The standard InChI is InChI=1S/C27H29Cl2NO4S/c1-2-3-6-13-34-26-24(28)15-21(16-25(26)29)27(31)30(22-12-14-35(32,33)18-22)17-20-10-7-9-19-8-4-5-11-23(19)20/h4-5,7-11,15-16,22H,2-3,6,12-14,17-18H2,1H3. The van der Waals surface area contributed by atoms with Gasteiger partial charge in [0.25, 0.3) is 5.91 Å². The third-order valence-corrected chi connectivity index (χ3v) is 8.68. The average Bonchev–Trinajstić information content (AvgIpc) is 3.20. The van der Waals surface area contributed by atoms with E-state index in [9.17, 15) is 13.2 Å². The van der Waals surface area contributed by atoms with Crippen molar-refractivity contribution in [2.45, 2.75) is 45.2 Å². The summed E-state index contributed by atoms with van der Waals surface area (Å²) >= 11 is 12.9. The first kappa shape index (κ1) is 25.8. The minimum Gasteiger partial charge on any atom is -0.490 e. The summed E-state index contributed by atoms with van der Waals surface area (Å²) in [6.07, 6.45) is 3.40. The molecule has 0 radical (unpaired) electrons. The molecule has 1 saturated heterocycles. The number of benzene rings is 3. The van der Waals surface area contributed by atoms with Crippen molar-refractivity contribution in [3.05, 3.63) is 75.8 Å². The van der Waals surface area contributed by atoms with Crippen LogP contribution in [0.3, 0.4) is 0 Å². The predicted octanol–water partition coefficient (Wildman–Crippen LogP) is 6.55. The monoisotopic (exact) mass is 533 g/mol. The molecule has 1 atom stereocenters. The zero-order chi connectivity index (χ0) is 25.0. The lowest BCUT2D eigenvalue weighted by Crippen LogP contribution is -2.40. The van der Waals surface area contributed by atoms with Crippen molar-refractivity contribution >= 4 is 49.7 Å². The smallest absolute Gasteiger partial charge is 0.254 e. The molecule has 0 N–H and O–H groups in total. The van der Waals surface area contributed by atoms with Gasteiger partial charge in [0, 0.05) is 18.2 Å². The van der Waals surface area contributed by atoms with Crippen LogP contribution < -0.4 is 4.74 Å². The maximum atomic E-state index is 13.8. The van der Waals surface area contributed by atoms with Crippen molar-refractivity contribution in [1.29, 1.82) is 0 Å². The van der Waals surface area contributed by atoms with E-state index < -0.39 is 15.9 Å². The molecule has 0 bridgehead atoms. The first-order valence-corrected chi connectivity index (χ1v) is 14.5. The van der Waals surface area contributed by atoms with Gasteiger partial charge in [0.1, 0.15) is 0 Å². The number of rotatable bonds is 9. The van der Waals surface area contributed by atoms with Crippen LogP contribution in [-0.4, -0.2) is 43.4 Å². The number of hydrogen-bond donors (Lipinski definition) is 0. The SMILES string of the molecule is CCCCCOc1c(Cl)cc(C(=O)N(Cc2cccc3ccccc23)C2CCS(=O)(=O)C2)cc1Cl. The lowest BCUT2D eigenvalue weighted by molar-refractivity contribution is 0.0682. The van der Waals surface area contributed by atoms with Crippen LogP contribution in [0.25, 0.3) is 10.8 Å². The summed E-state index contributed by atoms with van der Waals surface area (Å²) in [5, 5.41) is 2.62. The first-order chi connectivity index (χ1) is 16.8. The number of amides is 1. The number of carbonyl (C=O) groups is 1. The van der Waals surface area contributed by atoms with E-state index in [0.29, 0.717) is 24.3 Å². The fourth-order valence-electron chi connectivity index (χ4n) is 4.52. The van der Waals surface area contributed by atoms with Gasteiger partial charge < -0.3 is 9.64 Å². The molecular weight excluding hydrogens is 505 g/mol. The van der Waals surface area contributed by atoms with Crippen LogP contribution in [0.2, 0.25) is 10.0 Å². The third-order valence-electron chi connectivity index (χ3n) is 6.37. The summed E-state index contributed by atoms with van der Waals surface area (Å²) in [5.74, 6) is 0.0819. The van der Waals surface area contributed by atoms with Crippen LogP contribution in [0.5, 0.6) is 5.75 Å². The average molecular weight is 535 g/mol. The number of carbonyl (C=O) groups excluding carboxylic acids is 1. The highest BCUT2D eigenvalue weighted by atomic mass is 35.5. The number of unbranched alkanes of at least 4 members (excludes halogenated alkanes) is 2. The van der Waals surface area contributed by atoms with E-state index in [4.69, 9.17) is 27.9 Å². The lowest BCUT2D eigenvalue weighted by Gasteiger charge is -2.29. The highest BCUT2D eigenvalue weighted by Gasteiger charge is 2.35. The second-order valence-corrected chi connectivity index (χ2v) is 12.0. The van der Waals surface area contributed by atoms with Gasteiger partial charge in [0.15, 0.2) is 15.6 Å². The lowest BCUT2D eigenvalue weighted by atomic mass is 10.0. The Balaban J connectivity index is 1.65. The van der Waals surface area contributed by atoms with Crippen molar-refractivity contribution in [3.63, 3.8) is 0 Å². The van der Waals surface area contributed by atoms with E-state index in [1.54, 1.807) is 17.0 Å². The predicted molar refractivity (Wildman–Crippen MR) is 142 cm³/mol. The van der Waals surface area contributed by atoms with Gasteiger partial charge in [-0.05, 0) is 41.3 Å². The van der Waals surface area contributed by atoms with E-state index in [-0.39, 0.29) is 34.0 Å². The molecule has 1 aliphatic rings. The van der Waals surface area contributed by atoms with E-state index >= 15 is 0 Å². The number of fused-ring (bicyclic) bond motifs is 1. The molecular formula is C27H29Cl2NO4S. The van der Waals surface area contributed by atoms with Crippen LogP contribution in [0, 0.1) is 0 Å². The fraction of sp³-hybridized carbons (Fsp3) is 0.370. The highest BCUT2D eigenvalue weighted by molar-refractivity contribution is 7.91. The molecule has 3 aromatic rings. The second kappa shape index (κ2) is 11.2. The maximum Gasteiger partial charge on any atom is 0.254 e. The third kappa shape index (κ3) is 6.11. The molecule has 1 unspecified atom stereocenters. The minimum atomic E-state index is -3.20. The number of ether oxygens (including phenoxy) is 1. The molecule has 3 aromatic carbocycles. The van der Waals surface area contributed by atoms with E-state index in [1.807, 2.05) is 42.5 Å². The van der Waals surface area contributed by atoms with Gasteiger partial charge >= 0.3 is 0 Å². The zero-order valence-corrected chi connectivity index (χ0v) is 22.0. The van der Waals surface area contributed by atoms with Gasteiger partial charge in [0.2, 0.25) is 0 Å². The Morgan fingerprint density at radius 3 is 2.46 bits per heavy atom. The second-order valence-electron chi connectivity index (χ2n) is 8.95. The Kier molecular flexibility index (Phi) is 8.25. The van der Waals surface area contributed by atoms with Crippen molar-refractivity contribution in [2.24, 2.45) is 0 Å². The Morgan fingerprint density at radius 2 is 1.77 bits per heavy atom. The van der Waals surface area contributed by atoms with Crippen molar-refractivity contribution in [3.8, 4) is 5.75 Å². The number of sulfone groups is 1.